The van der Waals surface area contributed by atoms with Crippen LogP contribution in [0.1, 0.15) is 11.9 Å². The van der Waals surface area contributed by atoms with E-state index in [1.54, 1.807) is 0 Å². The lowest BCUT2D eigenvalue weighted by atomic mass is 10.1. The largest absolute Gasteiger partial charge is 0.522 e. The van der Waals surface area contributed by atoms with Crippen molar-refractivity contribution in [3.63, 3.8) is 0 Å². The van der Waals surface area contributed by atoms with Gasteiger partial charge in [-0.1, -0.05) is 16.9 Å². The van der Waals surface area contributed by atoms with Crippen LogP contribution in [0.2, 0.25) is 0 Å². The third-order valence-electron chi connectivity index (χ3n) is 4.09. The van der Waals surface area contributed by atoms with Crippen molar-refractivity contribution < 1.29 is 45.5 Å². The molecule has 2 aliphatic rings. The number of amides is 1. The van der Waals surface area contributed by atoms with Crippen LogP contribution >= 0.6 is 11.8 Å². The molecule has 0 spiro atoms. The van der Waals surface area contributed by atoms with Crippen molar-refractivity contribution >= 4 is 33.8 Å². The topological polar surface area (TPSA) is 74.0 Å². The molecule has 0 N–H and O–H groups in total. The van der Waals surface area contributed by atoms with Gasteiger partial charge in [0.05, 0.1) is 30.5 Å². The summed E-state index contributed by atoms with van der Waals surface area (Å²) in [5, 5.41) is 2.13. The lowest BCUT2D eigenvalue weighted by Crippen LogP contribution is -2.28. The number of anilines is 1. The summed E-state index contributed by atoms with van der Waals surface area (Å²) in [4.78, 5) is 13.2. The summed E-state index contributed by atoms with van der Waals surface area (Å²) < 4.78 is 84.2. The van der Waals surface area contributed by atoms with E-state index in [1.165, 1.54) is 6.07 Å². The molecule has 28 heavy (non-hydrogen) atoms. The maximum atomic E-state index is 14.4. The van der Waals surface area contributed by atoms with Crippen LogP contribution in [0.15, 0.2) is 10.6 Å². The third kappa shape index (κ3) is 3.54. The van der Waals surface area contributed by atoms with Gasteiger partial charge in [-0.05, 0) is 6.07 Å². The Morgan fingerprint density at radius 1 is 1.25 bits per heavy atom. The molecule has 2 aromatic rings. The molecule has 1 unspecified atom stereocenters. The molecule has 3 heterocycles. The normalized spacial score (nSPS) is 21.4. The molecule has 2 saturated heterocycles. The summed E-state index contributed by atoms with van der Waals surface area (Å²) in [5.74, 6) is -2.71. The predicted octanol–water partition coefficient (Wildman–Crippen LogP) is 3.73. The highest BCUT2D eigenvalue weighted by Gasteiger charge is 2.39. The molecule has 2 aliphatic heterocycles. The lowest BCUT2D eigenvalue weighted by Gasteiger charge is -2.14. The molecule has 1 amide bonds. The molecule has 1 aromatic heterocycles. The molecule has 1 aromatic carbocycles. The van der Waals surface area contributed by atoms with E-state index in [1.807, 2.05) is 0 Å². The van der Waals surface area contributed by atoms with Gasteiger partial charge in [0.1, 0.15) is 0 Å². The number of carbonyl (C=O) groups is 1. The number of carbonyl (C=O) groups excluding carboxylic acids is 1. The van der Waals surface area contributed by atoms with Gasteiger partial charge >= 0.3 is 6.36 Å². The van der Waals surface area contributed by atoms with Gasteiger partial charge in [-0.3, -0.25) is 14.4 Å². The first kappa shape index (κ1) is 19.4. The fourth-order valence-corrected chi connectivity index (χ4v) is 3.83. The van der Waals surface area contributed by atoms with Crippen LogP contribution in [-0.2, 0) is 14.2 Å². The second kappa shape index (κ2) is 7.13. The van der Waals surface area contributed by atoms with Crippen molar-refractivity contribution in [2.75, 3.05) is 31.3 Å². The van der Waals surface area contributed by atoms with Crippen LogP contribution in [0.3, 0.4) is 0 Å². The molecule has 0 saturated carbocycles. The van der Waals surface area contributed by atoms with E-state index in [-0.39, 0.29) is 36.5 Å². The van der Waals surface area contributed by atoms with Crippen LogP contribution in [0.5, 0.6) is 0 Å². The number of hydrogen-bond acceptors (Lipinski definition) is 7. The Kier molecular flexibility index (Phi) is 4.93. The fourth-order valence-electron chi connectivity index (χ4n) is 2.90. The van der Waals surface area contributed by atoms with Crippen molar-refractivity contribution in [1.82, 2.24) is 5.16 Å². The molecule has 1 atom stereocenters. The number of nitrogens with zero attached hydrogens (tertiary/aromatic N) is 2. The number of thioether (sulfide) groups is 1. The average Bonchev–Trinajstić information content (AvgIpc) is 3.35. The first-order valence-electron chi connectivity index (χ1n) is 7.94. The van der Waals surface area contributed by atoms with Crippen molar-refractivity contribution in [3.8, 4) is 0 Å². The van der Waals surface area contributed by atoms with E-state index >= 15 is 0 Å². The van der Waals surface area contributed by atoms with Crippen molar-refractivity contribution in [2.45, 2.75) is 17.9 Å². The smallest absolute Gasteiger partial charge is 0.351 e. The Morgan fingerprint density at radius 2 is 1.96 bits per heavy atom. The zero-order valence-electron chi connectivity index (χ0n) is 13.8. The molecular weight excluding hydrogens is 415 g/mol. The van der Waals surface area contributed by atoms with Gasteiger partial charge in [0.25, 0.3) is 5.24 Å². The predicted molar refractivity (Wildman–Crippen MR) is 84.7 cm³/mol. The third-order valence-corrected chi connectivity index (χ3v) is 5.13. The number of fused-ring (bicyclic) bond motifs is 1. The van der Waals surface area contributed by atoms with Crippen LogP contribution in [0.25, 0.3) is 11.0 Å². The molecule has 2 fully saturated rings. The zero-order valence-corrected chi connectivity index (χ0v) is 14.6. The van der Waals surface area contributed by atoms with Gasteiger partial charge in [0.15, 0.2) is 17.9 Å². The molecule has 152 valence electrons. The monoisotopic (exact) mass is 426 g/mol. The minimum Gasteiger partial charge on any atom is -0.351 e. The molecule has 7 nitrogen and oxygen atoms in total. The van der Waals surface area contributed by atoms with E-state index in [9.17, 15) is 26.7 Å². The minimum absolute atomic E-state index is 0.0284. The number of ether oxygens (including phenoxy) is 3. The van der Waals surface area contributed by atoms with Gasteiger partial charge in [0, 0.05) is 12.1 Å². The summed E-state index contributed by atoms with van der Waals surface area (Å²) in [6, 6.07) is 1.19. The molecular formula is C15H11F5N2O5S. The van der Waals surface area contributed by atoms with E-state index in [0.29, 0.717) is 11.8 Å². The fraction of sp³-hybridized carbons (Fsp3) is 0.467. The number of benzene rings is 1. The summed E-state index contributed by atoms with van der Waals surface area (Å²) >= 11 is 0.621. The van der Waals surface area contributed by atoms with Crippen molar-refractivity contribution in [1.29, 1.82) is 0 Å². The lowest BCUT2D eigenvalue weighted by molar-refractivity contribution is -0.323. The molecule has 0 bridgehead atoms. The number of rotatable bonds is 4. The SMILES string of the molecule is O=C1SC(COC(F)(F)F)CN1c1noc2c(F)c(F)c(C3OCCO3)cc12. The first-order chi connectivity index (χ1) is 13.2. The van der Waals surface area contributed by atoms with Gasteiger partial charge in [-0.25, -0.2) is 4.39 Å². The summed E-state index contributed by atoms with van der Waals surface area (Å²) in [5.41, 5.74) is -0.759. The molecule has 4 rings (SSSR count). The maximum Gasteiger partial charge on any atom is 0.522 e. The second-order valence-corrected chi connectivity index (χ2v) is 7.17. The van der Waals surface area contributed by atoms with Gasteiger partial charge in [0.2, 0.25) is 11.4 Å². The van der Waals surface area contributed by atoms with Crippen molar-refractivity contribution in [2.24, 2.45) is 0 Å². The maximum absolute atomic E-state index is 14.4. The van der Waals surface area contributed by atoms with Crippen molar-refractivity contribution in [3.05, 3.63) is 23.3 Å². The van der Waals surface area contributed by atoms with Gasteiger partial charge in [-0.15, -0.1) is 13.2 Å². The number of halogens is 5. The van der Waals surface area contributed by atoms with Crippen LogP contribution < -0.4 is 4.90 Å². The second-order valence-electron chi connectivity index (χ2n) is 5.92. The Balaban J connectivity index is 1.64. The van der Waals surface area contributed by atoms with Crippen LogP contribution in [0.4, 0.5) is 32.6 Å². The molecule has 0 radical (unpaired) electrons. The minimum atomic E-state index is -4.82. The zero-order chi connectivity index (χ0) is 20.1. The highest BCUT2D eigenvalue weighted by molar-refractivity contribution is 8.14. The Labute approximate surface area is 157 Å². The highest BCUT2D eigenvalue weighted by atomic mass is 32.2. The average molecular weight is 426 g/mol. The molecule has 0 aliphatic carbocycles. The number of hydrogen-bond donors (Lipinski definition) is 0. The Hall–Kier alpha value is -1.96. The molecule has 13 heteroatoms. The Morgan fingerprint density at radius 3 is 2.64 bits per heavy atom. The number of aromatic nitrogens is 1. The van der Waals surface area contributed by atoms with E-state index in [2.05, 4.69) is 9.89 Å². The quantitative estimate of drug-likeness (QED) is 0.690. The van der Waals surface area contributed by atoms with Crippen LogP contribution in [-0.4, -0.2) is 48.4 Å². The first-order valence-corrected chi connectivity index (χ1v) is 8.82. The van der Waals surface area contributed by atoms with E-state index < -0.39 is 47.0 Å². The highest BCUT2D eigenvalue weighted by Crippen LogP contribution is 2.39. The van der Waals surface area contributed by atoms with Gasteiger partial charge in [-0.2, -0.15) is 4.39 Å². The summed E-state index contributed by atoms with van der Waals surface area (Å²) in [6.07, 6.45) is -5.95. The summed E-state index contributed by atoms with van der Waals surface area (Å²) in [7, 11) is 0. The standard InChI is InChI=1S/C15H11F5N2O5S/c16-9-7(13-24-1-2-25-13)3-8-11(10(9)17)27-21-12(8)22-4-6(28-14(22)23)5-26-15(18,19)20/h3,6,13H,1-2,4-5H2. The van der Waals surface area contributed by atoms with Crippen LogP contribution in [0, 0.1) is 11.6 Å². The summed E-state index contributed by atoms with van der Waals surface area (Å²) in [6.45, 7) is -0.527. The van der Waals surface area contributed by atoms with E-state index in [4.69, 9.17) is 14.0 Å². The van der Waals surface area contributed by atoms with Gasteiger partial charge < -0.3 is 14.0 Å². The number of alkyl halides is 3. The van der Waals surface area contributed by atoms with E-state index in [0.717, 1.165) is 4.90 Å². The Bertz CT molecular complexity index is 914.